The van der Waals surface area contributed by atoms with E-state index >= 15 is 0 Å². The van der Waals surface area contributed by atoms with Gasteiger partial charge in [-0.2, -0.15) is 0 Å². The van der Waals surface area contributed by atoms with Crippen LogP contribution in [0.2, 0.25) is 0 Å². The summed E-state index contributed by atoms with van der Waals surface area (Å²) in [6, 6.07) is 2.25. The van der Waals surface area contributed by atoms with Crippen molar-refractivity contribution in [1.29, 1.82) is 0 Å². The van der Waals surface area contributed by atoms with Crippen LogP contribution in [0.15, 0.2) is 11.1 Å². The summed E-state index contributed by atoms with van der Waals surface area (Å²) in [6.07, 6.45) is 2.44. The summed E-state index contributed by atoms with van der Waals surface area (Å²) in [5.74, 6) is 1.28. The molecule has 1 saturated heterocycles. The number of guanidine groups is 1. The minimum atomic E-state index is 0.283. The van der Waals surface area contributed by atoms with Crippen LogP contribution in [0.5, 0.6) is 0 Å². The van der Waals surface area contributed by atoms with Crippen LogP contribution >= 0.6 is 0 Å². The molecule has 1 aromatic rings. The maximum absolute atomic E-state index is 5.81. The van der Waals surface area contributed by atoms with Crippen LogP contribution < -0.4 is 16.0 Å². The summed E-state index contributed by atoms with van der Waals surface area (Å²) in [4.78, 5) is 15.7. The highest BCUT2D eigenvalue weighted by Crippen LogP contribution is 2.16. The van der Waals surface area contributed by atoms with Crippen molar-refractivity contribution in [2.45, 2.75) is 46.2 Å². The number of nitrogens with zero attached hydrogens (tertiary/aromatic N) is 4. The Hall–Kier alpha value is -1.85. The molecule has 110 valence electrons. The van der Waals surface area contributed by atoms with Gasteiger partial charge in [-0.3, -0.25) is 0 Å². The highest BCUT2D eigenvalue weighted by molar-refractivity contribution is 5.78. The van der Waals surface area contributed by atoms with Crippen molar-refractivity contribution < 1.29 is 0 Å². The lowest BCUT2D eigenvalue weighted by molar-refractivity contribution is 0.722. The molecule has 1 fully saturated rings. The number of anilines is 1. The molecule has 1 aromatic heterocycles. The molecule has 1 aliphatic heterocycles. The van der Waals surface area contributed by atoms with E-state index < -0.39 is 0 Å². The van der Waals surface area contributed by atoms with Gasteiger partial charge in [-0.25, -0.2) is 15.0 Å². The average Bonchev–Trinajstić information content (AvgIpc) is 2.89. The Kier molecular flexibility index (Phi) is 4.76. The van der Waals surface area contributed by atoms with Crippen LogP contribution in [-0.2, 0) is 6.54 Å². The molecular formula is C14H24N6. The third kappa shape index (κ3) is 4.08. The second kappa shape index (κ2) is 6.54. The Morgan fingerprint density at radius 1 is 1.40 bits per heavy atom. The average molecular weight is 276 g/mol. The van der Waals surface area contributed by atoms with Crippen LogP contribution in [0.25, 0.3) is 0 Å². The van der Waals surface area contributed by atoms with Crippen LogP contribution in [0.3, 0.4) is 0 Å². The van der Waals surface area contributed by atoms with Crippen molar-refractivity contribution in [3.05, 3.63) is 17.5 Å². The van der Waals surface area contributed by atoms with Crippen molar-refractivity contribution in [1.82, 2.24) is 15.3 Å². The summed E-state index contributed by atoms with van der Waals surface area (Å²) in [6.45, 7) is 8.62. The fourth-order valence-electron chi connectivity index (χ4n) is 2.26. The molecule has 0 unspecified atom stereocenters. The van der Waals surface area contributed by atoms with Crippen molar-refractivity contribution in [2.24, 2.45) is 10.7 Å². The van der Waals surface area contributed by atoms with E-state index in [9.17, 15) is 0 Å². The molecule has 1 aliphatic rings. The number of nitrogens with one attached hydrogen (secondary N) is 1. The molecule has 0 atom stereocenters. The highest BCUT2D eigenvalue weighted by atomic mass is 15.3. The number of aryl methyl sites for hydroxylation is 1. The van der Waals surface area contributed by atoms with Gasteiger partial charge in [-0.15, -0.1) is 0 Å². The topological polar surface area (TPSA) is 79.4 Å². The molecule has 0 aromatic carbocycles. The van der Waals surface area contributed by atoms with E-state index in [1.165, 1.54) is 12.8 Å². The zero-order valence-corrected chi connectivity index (χ0v) is 12.6. The Morgan fingerprint density at radius 3 is 2.75 bits per heavy atom. The zero-order chi connectivity index (χ0) is 14.5. The smallest absolute Gasteiger partial charge is 0.225 e. The highest BCUT2D eigenvalue weighted by Gasteiger charge is 2.15. The predicted octanol–water partition coefficient (Wildman–Crippen LogP) is 1.20. The van der Waals surface area contributed by atoms with Gasteiger partial charge >= 0.3 is 0 Å². The molecule has 6 heteroatoms. The van der Waals surface area contributed by atoms with Crippen LogP contribution in [0.4, 0.5) is 5.95 Å². The monoisotopic (exact) mass is 276 g/mol. The largest absolute Gasteiger partial charge is 0.370 e. The molecule has 6 nitrogen and oxygen atoms in total. The Morgan fingerprint density at radius 2 is 2.10 bits per heavy atom. The number of aliphatic imine (C=N–C) groups is 1. The lowest BCUT2D eigenvalue weighted by Crippen LogP contribution is -2.36. The minimum absolute atomic E-state index is 0.283. The zero-order valence-electron chi connectivity index (χ0n) is 12.6. The van der Waals surface area contributed by atoms with Crippen molar-refractivity contribution in [2.75, 3.05) is 18.0 Å². The van der Waals surface area contributed by atoms with E-state index in [1.54, 1.807) is 0 Å². The third-order valence-electron chi connectivity index (χ3n) is 3.13. The van der Waals surface area contributed by atoms with Gasteiger partial charge in [0, 0.05) is 24.8 Å². The van der Waals surface area contributed by atoms with Gasteiger partial charge in [0.15, 0.2) is 5.96 Å². The van der Waals surface area contributed by atoms with E-state index in [2.05, 4.69) is 25.2 Å². The maximum atomic E-state index is 5.81. The number of rotatable bonds is 4. The molecule has 0 aliphatic carbocycles. The lowest BCUT2D eigenvalue weighted by Gasteiger charge is -2.16. The molecule has 3 N–H and O–H groups in total. The van der Waals surface area contributed by atoms with Gasteiger partial charge in [0.05, 0.1) is 12.2 Å². The standard InChI is InChI=1S/C14H24N6/c1-10(2)17-13(15)16-9-12-8-11(3)18-14(19-12)20-6-4-5-7-20/h8,10H,4-7,9H2,1-3H3,(H3,15,16,17). The molecule has 2 rings (SSSR count). The summed E-state index contributed by atoms with van der Waals surface area (Å²) in [5, 5.41) is 3.07. The fraction of sp³-hybridized carbons (Fsp3) is 0.643. The van der Waals surface area contributed by atoms with Crippen molar-refractivity contribution >= 4 is 11.9 Å². The van der Waals surface area contributed by atoms with Crippen LogP contribution in [0, 0.1) is 6.92 Å². The number of nitrogens with two attached hydrogens (primary N) is 1. The minimum Gasteiger partial charge on any atom is -0.370 e. The van der Waals surface area contributed by atoms with Gasteiger partial charge in [-0.05, 0) is 39.7 Å². The molecule has 0 saturated carbocycles. The second-order valence-electron chi connectivity index (χ2n) is 5.50. The van der Waals surface area contributed by atoms with E-state index in [0.717, 1.165) is 30.4 Å². The molecular weight excluding hydrogens is 252 g/mol. The molecule has 0 bridgehead atoms. The Bertz CT molecular complexity index is 477. The summed E-state index contributed by atoms with van der Waals surface area (Å²) >= 11 is 0. The van der Waals surface area contributed by atoms with Gasteiger partial charge in [0.2, 0.25) is 5.95 Å². The van der Waals surface area contributed by atoms with Gasteiger partial charge < -0.3 is 16.0 Å². The first-order valence-corrected chi connectivity index (χ1v) is 7.20. The number of aromatic nitrogens is 2. The van der Waals surface area contributed by atoms with E-state index in [-0.39, 0.29) is 6.04 Å². The quantitative estimate of drug-likeness (QED) is 0.638. The second-order valence-corrected chi connectivity index (χ2v) is 5.50. The fourth-order valence-corrected chi connectivity index (χ4v) is 2.26. The van der Waals surface area contributed by atoms with Crippen molar-refractivity contribution in [3.8, 4) is 0 Å². The Labute approximate surface area is 120 Å². The first-order valence-electron chi connectivity index (χ1n) is 7.20. The predicted molar refractivity (Wildman–Crippen MR) is 81.8 cm³/mol. The van der Waals surface area contributed by atoms with E-state index in [0.29, 0.717) is 12.5 Å². The van der Waals surface area contributed by atoms with Crippen LogP contribution in [-0.4, -0.2) is 35.1 Å². The number of hydrogen-bond acceptors (Lipinski definition) is 4. The molecule has 0 radical (unpaired) electrons. The summed E-state index contributed by atoms with van der Waals surface area (Å²) in [7, 11) is 0. The Balaban J connectivity index is 2.07. The molecule has 0 amide bonds. The molecule has 20 heavy (non-hydrogen) atoms. The van der Waals surface area contributed by atoms with E-state index in [1.807, 2.05) is 26.8 Å². The first-order chi connectivity index (χ1) is 9.54. The SMILES string of the molecule is Cc1cc(CN=C(N)NC(C)C)nc(N2CCCC2)n1. The first kappa shape index (κ1) is 14.6. The van der Waals surface area contributed by atoms with E-state index in [4.69, 9.17) is 5.73 Å². The lowest BCUT2D eigenvalue weighted by atomic mass is 10.3. The van der Waals surface area contributed by atoms with Gasteiger partial charge in [0.1, 0.15) is 0 Å². The summed E-state index contributed by atoms with van der Waals surface area (Å²) < 4.78 is 0. The molecule has 2 heterocycles. The van der Waals surface area contributed by atoms with Crippen molar-refractivity contribution in [3.63, 3.8) is 0 Å². The van der Waals surface area contributed by atoms with Gasteiger partial charge in [-0.1, -0.05) is 0 Å². The third-order valence-corrected chi connectivity index (χ3v) is 3.13. The maximum Gasteiger partial charge on any atom is 0.225 e. The normalized spacial score (nSPS) is 16.0. The number of hydrogen-bond donors (Lipinski definition) is 2. The summed E-state index contributed by atoms with van der Waals surface area (Å²) in [5.41, 5.74) is 7.69. The van der Waals surface area contributed by atoms with Crippen LogP contribution in [0.1, 0.15) is 38.1 Å². The molecule has 0 spiro atoms. The van der Waals surface area contributed by atoms with Gasteiger partial charge in [0.25, 0.3) is 0 Å².